The molecule has 2 aliphatic rings. The lowest BCUT2D eigenvalue weighted by molar-refractivity contribution is -0.384. The molecule has 2 heterocycles. The largest absolute Gasteiger partial charge is 0.371 e. The molecule has 1 aromatic carbocycles. The molecule has 0 saturated carbocycles. The summed E-state index contributed by atoms with van der Waals surface area (Å²) in [7, 11) is 0. The maximum Gasteiger partial charge on any atom is 0.292 e. The molecule has 2 fully saturated rings. The van der Waals surface area contributed by atoms with Gasteiger partial charge < -0.3 is 9.64 Å². The van der Waals surface area contributed by atoms with E-state index in [9.17, 15) is 10.1 Å². The third-order valence-corrected chi connectivity index (χ3v) is 3.77. The van der Waals surface area contributed by atoms with Gasteiger partial charge in [-0.05, 0) is 25.3 Å². The second kappa shape index (κ2) is 4.24. The first kappa shape index (κ1) is 11.5. The number of ether oxygens (including phenoxy) is 1. The zero-order valence-corrected chi connectivity index (χ0v) is 10.3. The molecule has 0 aliphatic carbocycles. The summed E-state index contributed by atoms with van der Waals surface area (Å²) in [5.41, 5.74) is 1.93. The molecule has 2 unspecified atom stereocenters. The van der Waals surface area contributed by atoms with Crippen LogP contribution in [-0.4, -0.2) is 30.2 Å². The average Bonchev–Trinajstić information content (AvgIpc) is 2.68. The van der Waals surface area contributed by atoms with E-state index in [0.717, 1.165) is 37.2 Å². The van der Waals surface area contributed by atoms with Crippen LogP contribution in [-0.2, 0) is 4.74 Å². The number of benzene rings is 1. The van der Waals surface area contributed by atoms with Gasteiger partial charge in [0.05, 0.1) is 17.1 Å². The molecule has 5 heteroatoms. The van der Waals surface area contributed by atoms with Crippen LogP contribution in [0.3, 0.4) is 0 Å². The van der Waals surface area contributed by atoms with Gasteiger partial charge >= 0.3 is 0 Å². The number of aryl methyl sites for hydroxylation is 1. The highest BCUT2D eigenvalue weighted by Gasteiger charge is 2.36. The van der Waals surface area contributed by atoms with Crippen molar-refractivity contribution in [3.63, 3.8) is 0 Å². The Labute approximate surface area is 106 Å². The Morgan fingerprint density at radius 3 is 2.61 bits per heavy atom. The topological polar surface area (TPSA) is 55.6 Å². The van der Waals surface area contributed by atoms with Crippen molar-refractivity contribution in [1.82, 2.24) is 0 Å². The first-order valence-electron chi connectivity index (χ1n) is 6.29. The summed E-state index contributed by atoms with van der Waals surface area (Å²) < 4.78 is 5.78. The van der Waals surface area contributed by atoms with Crippen molar-refractivity contribution in [1.29, 1.82) is 0 Å². The van der Waals surface area contributed by atoms with E-state index in [4.69, 9.17) is 4.74 Å². The predicted octanol–water partition coefficient (Wildman–Crippen LogP) is 2.27. The molecule has 2 aliphatic heterocycles. The average molecular weight is 248 g/mol. The normalized spacial score (nSPS) is 26.4. The summed E-state index contributed by atoms with van der Waals surface area (Å²) in [4.78, 5) is 13.0. The summed E-state index contributed by atoms with van der Waals surface area (Å²) in [6, 6.07) is 5.26. The minimum Gasteiger partial charge on any atom is -0.371 e. The number of hydrogen-bond donors (Lipinski definition) is 0. The quantitative estimate of drug-likeness (QED) is 0.595. The Hall–Kier alpha value is -1.62. The van der Waals surface area contributed by atoms with Gasteiger partial charge in [-0.3, -0.25) is 10.1 Å². The van der Waals surface area contributed by atoms with E-state index in [2.05, 4.69) is 4.90 Å². The lowest BCUT2D eigenvalue weighted by atomic mass is 10.1. The molecular weight excluding hydrogens is 232 g/mol. The van der Waals surface area contributed by atoms with Gasteiger partial charge in [0.2, 0.25) is 0 Å². The van der Waals surface area contributed by atoms with Gasteiger partial charge in [0.15, 0.2) is 0 Å². The Balaban J connectivity index is 1.98. The number of fused-ring (bicyclic) bond motifs is 2. The number of anilines is 1. The van der Waals surface area contributed by atoms with E-state index in [0.29, 0.717) is 0 Å². The number of rotatable bonds is 2. The number of nitro benzene ring substituents is 1. The summed E-state index contributed by atoms with van der Waals surface area (Å²) >= 11 is 0. The molecule has 96 valence electrons. The fourth-order valence-electron chi connectivity index (χ4n) is 3.00. The van der Waals surface area contributed by atoms with E-state index < -0.39 is 0 Å². The van der Waals surface area contributed by atoms with Gasteiger partial charge in [-0.1, -0.05) is 12.1 Å². The summed E-state index contributed by atoms with van der Waals surface area (Å²) in [6.07, 6.45) is 2.62. The van der Waals surface area contributed by atoms with Gasteiger partial charge in [0.25, 0.3) is 5.69 Å². The molecule has 2 saturated heterocycles. The van der Waals surface area contributed by atoms with Crippen molar-refractivity contribution in [3.8, 4) is 0 Å². The molecule has 0 N–H and O–H groups in total. The molecule has 0 aromatic heterocycles. The fourth-order valence-corrected chi connectivity index (χ4v) is 3.00. The Bertz CT molecular complexity index is 477. The molecule has 2 atom stereocenters. The van der Waals surface area contributed by atoms with Crippen molar-refractivity contribution in [2.75, 3.05) is 18.0 Å². The maximum absolute atomic E-state index is 11.1. The van der Waals surface area contributed by atoms with Crippen LogP contribution in [0.2, 0.25) is 0 Å². The molecule has 5 nitrogen and oxygen atoms in total. The number of morpholine rings is 1. The number of nitro groups is 1. The fraction of sp³-hybridized carbons (Fsp3) is 0.538. The third-order valence-electron chi connectivity index (χ3n) is 3.77. The van der Waals surface area contributed by atoms with E-state index in [1.165, 1.54) is 0 Å². The van der Waals surface area contributed by atoms with E-state index >= 15 is 0 Å². The van der Waals surface area contributed by atoms with Crippen molar-refractivity contribution in [2.24, 2.45) is 0 Å². The van der Waals surface area contributed by atoms with Crippen molar-refractivity contribution in [3.05, 3.63) is 33.9 Å². The highest BCUT2D eigenvalue weighted by molar-refractivity contribution is 5.68. The third kappa shape index (κ3) is 1.84. The molecule has 3 rings (SSSR count). The molecule has 1 aromatic rings. The van der Waals surface area contributed by atoms with Crippen LogP contribution in [0.1, 0.15) is 18.4 Å². The van der Waals surface area contributed by atoms with Crippen LogP contribution >= 0.6 is 0 Å². The van der Waals surface area contributed by atoms with Crippen molar-refractivity contribution >= 4 is 11.4 Å². The standard InChI is InChI=1S/C13H16N2O3/c1-9-3-2-4-12(15(16)17)13(9)14-7-10-5-6-11(8-14)18-10/h2-4,10-11H,5-8H2,1H3. The molecule has 0 amide bonds. The van der Waals surface area contributed by atoms with Crippen LogP contribution < -0.4 is 4.90 Å². The van der Waals surface area contributed by atoms with E-state index in [-0.39, 0.29) is 22.8 Å². The molecule has 18 heavy (non-hydrogen) atoms. The van der Waals surface area contributed by atoms with E-state index in [1.807, 2.05) is 13.0 Å². The lowest BCUT2D eigenvalue weighted by Crippen LogP contribution is -2.43. The van der Waals surface area contributed by atoms with Crippen molar-refractivity contribution < 1.29 is 9.66 Å². The molecule has 2 bridgehead atoms. The minimum absolute atomic E-state index is 0.205. The summed E-state index contributed by atoms with van der Waals surface area (Å²) in [5.74, 6) is 0. The zero-order valence-electron chi connectivity index (χ0n) is 10.3. The summed E-state index contributed by atoms with van der Waals surface area (Å²) in [5, 5.41) is 11.1. The molecule has 0 radical (unpaired) electrons. The van der Waals surface area contributed by atoms with Crippen LogP contribution in [0.4, 0.5) is 11.4 Å². The molecular formula is C13H16N2O3. The monoisotopic (exact) mass is 248 g/mol. The van der Waals surface area contributed by atoms with Crippen LogP contribution in [0, 0.1) is 17.0 Å². The number of hydrogen-bond acceptors (Lipinski definition) is 4. The van der Waals surface area contributed by atoms with Crippen molar-refractivity contribution in [2.45, 2.75) is 32.0 Å². The minimum atomic E-state index is -0.292. The first-order valence-corrected chi connectivity index (χ1v) is 6.29. The number of para-hydroxylation sites is 1. The van der Waals surface area contributed by atoms with Gasteiger partial charge in [-0.25, -0.2) is 0 Å². The first-order chi connectivity index (χ1) is 8.65. The molecule has 0 spiro atoms. The van der Waals surface area contributed by atoms with Crippen LogP contribution in [0.5, 0.6) is 0 Å². The van der Waals surface area contributed by atoms with E-state index in [1.54, 1.807) is 12.1 Å². The SMILES string of the molecule is Cc1cccc([N+](=O)[O-])c1N1CC2CCC(C1)O2. The lowest BCUT2D eigenvalue weighted by Gasteiger charge is -2.34. The van der Waals surface area contributed by atoms with Gasteiger partial charge in [0.1, 0.15) is 5.69 Å². The highest BCUT2D eigenvalue weighted by Crippen LogP contribution is 2.36. The summed E-state index contributed by atoms with van der Waals surface area (Å²) in [6.45, 7) is 3.46. The maximum atomic E-state index is 11.1. The number of nitrogens with zero attached hydrogens (tertiary/aromatic N) is 2. The second-order valence-electron chi connectivity index (χ2n) is 5.06. The Morgan fingerprint density at radius 2 is 2.00 bits per heavy atom. The van der Waals surface area contributed by atoms with Crippen LogP contribution in [0.25, 0.3) is 0 Å². The highest BCUT2D eigenvalue weighted by atomic mass is 16.6. The smallest absolute Gasteiger partial charge is 0.292 e. The Morgan fingerprint density at radius 1 is 1.33 bits per heavy atom. The van der Waals surface area contributed by atoms with Gasteiger partial charge in [0, 0.05) is 19.2 Å². The predicted molar refractivity (Wildman–Crippen MR) is 67.9 cm³/mol. The van der Waals surface area contributed by atoms with Gasteiger partial charge in [-0.15, -0.1) is 0 Å². The Kier molecular flexibility index (Phi) is 2.70. The zero-order chi connectivity index (χ0) is 12.7. The second-order valence-corrected chi connectivity index (χ2v) is 5.06. The van der Waals surface area contributed by atoms with Crippen LogP contribution in [0.15, 0.2) is 18.2 Å². The van der Waals surface area contributed by atoms with Gasteiger partial charge in [-0.2, -0.15) is 0 Å².